The van der Waals surface area contributed by atoms with E-state index in [1.165, 1.54) is 11.6 Å². The maximum atomic E-state index is 14.6. The van der Waals surface area contributed by atoms with Crippen LogP contribution in [0.1, 0.15) is 23.1 Å². The lowest BCUT2D eigenvalue weighted by Crippen LogP contribution is -2.30. The topological polar surface area (TPSA) is 34.0 Å². The van der Waals surface area contributed by atoms with Crippen LogP contribution in [-0.2, 0) is 6.42 Å². The summed E-state index contributed by atoms with van der Waals surface area (Å²) in [6.45, 7) is 4.62. The van der Waals surface area contributed by atoms with Crippen molar-refractivity contribution in [2.75, 3.05) is 19.6 Å². The first kappa shape index (κ1) is 17.6. The van der Waals surface area contributed by atoms with Gasteiger partial charge in [-0.2, -0.15) is 0 Å². The molecule has 0 saturated carbocycles. The van der Waals surface area contributed by atoms with Crippen LogP contribution in [0.15, 0.2) is 67.0 Å². The van der Waals surface area contributed by atoms with Gasteiger partial charge >= 0.3 is 0 Å². The van der Waals surface area contributed by atoms with Crippen molar-refractivity contribution in [3.63, 3.8) is 0 Å². The molecule has 27 heavy (non-hydrogen) atoms. The Labute approximate surface area is 158 Å². The van der Waals surface area contributed by atoms with Gasteiger partial charge in [-0.25, -0.2) is 9.07 Å². The maximum Gasteiger partial charge on any atom is 0.131 e. The maximum absolute atomic E-state index is 14.6. The van der Waals surface area contributed by atoms with Gasteiger partial charge in [0.25, 0.3) is 0 Å². The second-order valence-electron chi connectivity index (χ2n) is 6.73. The van der Waals surface area contributed by atoms with E-state index < -0.39 is 0 Å². The molecule has 0 fully saturated rings. The molecule has 0 saturated heterocycles. The number of benzene rings is 2. The van der Waals surface area contributed by atoms with Gasteiger partial charge < -0.3 is 0 Å². The van der Waals surface area contributed by atoms with E-state index in [-0.39, 0.29) is 5.82 Å². The minimum atomic E-state index is -0.187. The Morgan fingerprint density at radius 1 is 1.07 bits per heavy atom. The predicted molar refractivity (Wildman–Crippen MR) is 104 cm³/mol. The molecule has 0 spiro atoms. The fourth-order valence-corrected chi connectivity index (χ4v) is 3.49. The second kappa shape index (κ2) is 8.27. The molecular formula is C22H22FN4. The summed E-state index contributed by atoms with van der Waals surface area (Å²) < 4.78 is 16.2. The Bertz CT molecular complexity index is 903. The Morgan fingerprint density at radius 3 is 2.70 bits per heavy atom. The molecule has 1 aliphatic heterocycles. The third-order valence-corrected chi connectivity index (χ3v) is 4.93. The minimum absolute atomic E-state index is 0.187. The van der Waals surface area contributed by atoms with Gasteiger partial charge in [-0.15, -0.1) is 5.10 Å². The number of halogens is 1. The lowest BCUT2D eigenvalue weighted by molar-refractivity contribution is 0.305. The first-order valence-electron chi connectivity index (χ1n) is 9.24. The minimum Gasteiger partial charge on any atom is -0.299 e. The molecule has 5 heteroatoms. The van der Waals surface area contributed by atoms with Crippen molar-refractivity contribution in [3.8, 4) is 0 Å². The lowest BCUT2D eigenvalue weighted by atomic mass is 9.94. The lowest BCUT2D eigenvalue weighted by Gasteiger charge is -2.27. The number of hydrogen-bond donors (Lipinski definition) is 0. The van der Waals surface area contributed by atoms with E-state index in [9.17, 15) is 4.39 Å². The van der Waals surface area contributed by atoms with E-state index in [0.29, 0.717) is 5.56 Å². The Kier molecular flexibility index (Phi) is 5.39. The molecule has 2 heterocycles. The van der Waals surface area contributed by atoms with Gasteiger partial charge in [0.05, 0.1) is 6.20 Å². The average molecular weight is 361 g/mol. The zero-order chi connectivity index (χ0) is 18.5. The highest BCUT2D eigenvalue weighted by molar-refractivity contribution is 5.70. The molecule has 4 rings (SSSR count). The van der Waals surface area contributed by atoms with Crippen LogP contribution in [0, 0.1) is 12.4 Å². The summed E-state index contributed by atoms with van der Waals surface area (Å²) in [6.07, 6.45) is 7.39. The van der Waals surface area contributed by atoms with Gasteiger partial charge in [-0.05, 0) is 35.6 Å². The summed E-state index contributed by atoms with van der Waals surface area (Å²) in [5, 5.41) is 7.76. The molecule has 0 aliphatic carbocycles. The number of rotatable bonds is 6. The van der Waals surface area contributed by atoms with E-state index in [4.69, 9.17) is 0 Å². The SMILES string of the molecule is Fc1cccc([CH]n2ccnn2)c1C1=CCN(CCc2ccccc2)CC1. The summed E-state index contributed by atoms with van der Waals surface area (Å²) in [5.41, 5.74) is 3.92. The summed E-state index contributed by atoms with van der Waals surface area (Å²) in [7, 11) is 0. The van der Waals surface area contributed by atoms with Crippen LogP contribution in [0.2, 0.25) is 0 Å². The van der Waals surface area contributed by atoms with Crippen molar-refractivity contribution in [1.82, 2.24) is 19.9 Å². The molecular weight excluding hydrogens is 339 g/mol. The highest BCUT2D eigenvalue weighted by atomic mass is 19.1. The van der Waals surface area contributed by atoms with Crippen molar-refractivity contribution >= 4 is 5.57 Å². The number of aromatic nitrogens is 3. The molecule has 0 atom stereocenters. The van der Waals surface area contributed by atoms with Crippen molar-refractivity contribution in [2.24, 2.45) is 0 Å². The fourth-order valence-electron chi connectivity index (χ4n) is 3.49. The van der Waals surface area contributed by atoms with E-state index in [0.717, 1.165) is 43.6 Å². The summed E-state index contributed by atoms with van der Waals surface area (Å²) >= 11 is 0. The largest absolute Gasteiger partial charge is 0.299 e. The monoisotopic (exact) mass is 361 g/mol. The highest BCUT2D eigenvalue weighted by Crippen LogP contribution is 2.29. The van der Waals surface area contributed by atoms with Crippen LogP contribution in [0.3, 0.4) is 0 Å². The average Bonchev–Trinajstić information content (AvgIpc) is 3.21. The molecule has 0 bridgehead atoms. The molecule has 1 aromatic heterocycles. The first-order chi connectivity index (χ1) is 13.3. The standard InChI is InChI=1S/C22H22FN4/c23-21-8-4-7-20(17-27-16-12-24-25-27)22(21)19-10-14-26(15-11-19)13-9-18-5-2-1-3-6-18/h1-8,10,12,16-17H,9,11,13-15H2. The van der Waals surface area contributed by atoms with E-state index in [1.807, 2.05) is 18.7 Å². The van der Waals surface area contributed by atoms with Crippen LogP contribution in [-0.4, -0.2) is 39.5 Å². The number of nitrogens with zero attached hydrogens (tertiary/aromatic N) is 4. The summed E-state index contributed by atoms with van der Waals surface area (Å²) in [6, 6.07) is 15.7. The van der Waals surface area contributed by atoms with E-state index >= 15 is 0 Å². The van der Waals surface area contributed by atoms with Crippen LogP contribution in [0.5, 0.6) is 0 Å². The zero-order valence-electron chi connectivity index (χ0n) is 15.1. The summed E-state index contributed by atoms with van der Waals surface area (Å²) in [5.74, 6) is -0.187. The molecule has 1 aliphatic rings. The van der Waals surface area contributed by atoms with Crippen LogP contribution >= 0.6 is 0 Å². The normalized spacial score (nSPS) is 14.9. The van der Waals surface area contributed by atoms with Crippen LogP contribution < -0.4 is 0 Å². The molecule has 1 radical (unpaired) electrons. The van der Waals surface area contributed by atoms with Gasteiger partial charge in [-0.3, -0.25) is 4.90 Å². The van der Waals surface area contributed by atoms with Crippen molar-refractivity contribution in [3.05, 3.63) is 96.1 Å². The molecule has 0 amide bonds. The first-order valence-corrected chi connectivity index (χ1v) is 9.24. The molecule has 0 N–H and O–H groups in total. The van der Waals surface area contributed by atoms with Crippen molar-refractivity contribution in [1.29, 1.82) is 0 Å². The van der Waals surface area contributed by atoms with Gasteiger partial charge in [0, 0.05) is 31.4 Å². The predicted octanol–water partition coefficient (Wildman–Crippen LogP) is 3.81. The van der Waals surface area contributed by atoms with Crippen LogP contribution in [0.25, 0.3) is 5.57 Å². The van der Waals surface area contributed by atoms with Crippen molar-refractivity contribution < 1.29 is 4.39 Å². The molecule has 4 nitrogen and oxygen atoms in total. The van der Waals surface area contributed by atoms with Gasteiger partial charge in [0.1, 0.15) is 12.4 Å². The third kappa shape index (κ3) is 4.31. The van der Waals surface area contributed by atoms with Crippen LogP contribution in [0.4, 0.5) is 4.39 Å². The van der Waals surface area contributed by atoms with E-state index in [1.54, 1.807) is 23.1 Å². The Morgan fingerprint density at radius 2 is 1.96 bits per heavy atom. The van der Waals surface area contributed by atoms with Gasteiger partial charge in [0.2, 0.25) is 0 Å². The fraction of sp³-hybridized carbons (Fsp3) is 0.227. The molecule has 2 aromatic carbocycles. The zero-order valence-corrected chi connectivity index (χ0v) is 15.1. The van der Waals surface area contributed by atoms with Gasteiger partial charge in [0.15, 0.2) is 0 Å². The molecule has 137 valence electrons. The Balaban J connectivity index is 1.46. The molecule has 0 unspecified atom stereocenters. The highest BCUT2D eigenvalue weighted by Gasteiger charge is 2.18. The molecule has 3 aromatic rings. The smallest absolute Gasteiger partial charge is 0.131 e. The van der Waals surface area contributed by atoms with Crippen molar-refractivity contribution in [2.45, 2.75) is 12.8 Å². The Hall–Kier alpha value is -2.79. The number of hydrogen-bond acceptors (Lipinski definition) is 3. The summed E-state index contributed by atoms with van der Waals surface area (Å²) in [4.78, 5) is 2.41. The third-order valence-electron chi connectivity index (χ3n) is 4.93. The second-order valence-corrected chi connectivity index (χ2v) is 6.73. The quantitative estimate of drug-likeness (QED) is 0.670. The van der Waals surface area contributed by atoms with Gasteiger partial charge in [-0.1, -0.05) is 53.8 Å². The van der Waals surface area contributed by atoms with E-state index in [2.05, 4.69) is 45.6 Å².